The molecule has 43 heteroatoms. The minimum absolute atomic E-state index is 0.0141. The highest BCUT2D eigenvalue weighted by atomic mass is 19.1. The molecule has 0 amide bonds. The summed E-state index contributed by atoms with van der Waals surface area (Å²) in [5.74, 6) is 1.58. The van der Waals surface area contributed by atoms with Crippen molar-refractivity contribution in [1.29, 1.82) is 0 Å². The molecule has 41 nitrogen and oxygen atoms in total. The minimum atomic E-state index is -0.432. The molecule has 0 aliphatic carbocycles. The topological polar surface area (TPSA) is 408 Å². The van der Waals surface area contributed by atoms with Gasteiger partial charge in [0.15, 0.2) is 0 Å². The summed E-state index contributed by atoms with van der Waals surface area (Å²) in [6.07, 6.45) is 10.7. The first-order valence-electron chi connectivity index (χ1n) is 48.0. The van der Waals surface area contributed by atoms with Crippen molar-refractivity contribution in [2.24, 2.45) is 5.92 Å². The second-order valence-corrected chi connectivity index (χ2v) is 35.3. The number of halogens is 2. The fraction of sp³-hybridized carbons (Fsp3) is 0.408. The van der Waals surface area contributed by atoms with Crippen LogP contribution in [0.3, 0.4) is 0 Å². The maximum absolute atomic E-state index is 14.2. The van der Waals surface area contributed by atoms with E-state index in [4.69, 9.17) is 9.47 Å². The zero-order chi connectivity index (χ0) is 97.8. The third-order valence-corrected chi connectivity index (χ3v) is 27.0. The van der Waals surface area contributed by atoms with E-state index in [1.54, 1.807) is 44.2 Å². The second-order valence-electron chi connectivity index (χ2n) is 35.3. The van der Waals surface area contributed by atoms with E-state index in [0.29, 0.717) is 216 Å². The Morgan fingerprint density at radius 1 is 0.319 bits per heavy atom. The van der Waals surface area contributed by atoms with Crippen LogP contribution >= 0.6 is 0 Å². The van der Waals surface area contributed by atoms with Gasteiger partial charge >= 0.3 is 34.7 Å². The van der Waals surface area contributed by atoms with Crippen LogP contribution in [0.25, 0.3) is 21.8 Å². The SMILES string of the molecule is CCOC(=O)C1CCN(c2ncnc(N3CCN(c4cccc5[nH]ccc45)CC3)c2[N+](=O)[O-])CC1.CCOC(=O)CN1CCN(c2ncnc(N3CCN(c4ccccc4F)CC3)c2[N+](=O)[O-])CC1.O=[N+]([O-])c1c(N2CCN(Cc3ccccc3)CC2)ncnc1N1CCN(c2cccc3[nH]ccc23)CC1.O=[N+]([O-])c1c(N2CCN(Cc3ccccc3)CC2)ncnc1N1CCN(c2ccccc2F)CC1. The number of nitro groups is 4. The van der Waals surface area contributed by atoms with Crippen molar-refractivity contribution in [2.75, 3.05) is 275 Å². The number of carbonyl (C=O) groups excluding carboxylic acids is 2. The molecule has 141 heavy (non-hydrogen) atoms. The lowest BCUT2D eigenvalue weighted by molar-refractivity contribution is -0.383. The molecular weight excluding hydrogens is 1810 g/mol. The van der Waals surface area contributed by atoms with E-state index in [1.165, 1.54) is 65.0 Å². The lowest BCUT2D eigenvalue weighted by Crippen LogP contribution is -2.49. The zero-order valence-electron chi connectivity index (χ0n) is 78.9. The molecule has 8 aliphatic rings. The summed E-state index contributed by atoms with van der Waals surface area (Å²) in [4.78, 5) is 143. The summed E-state index contributed by atoms with van der Waals surface area (Å²) in [5, 5.41) is 51.1. The number of esters is 2. The average molecular weight is 1930 g/mol. The van der Waals surface area contributed by atoms with E-state index in [0.717, 1.165) is 82.2 Å². The fourth-order valence-electron chi connectivity index (χ4n) is 19.7. The van der Waals surface area contributed by atoms with Crippen molar-refractivity contribution in [3.63, 3.8) is 0 Å². The minimum Gasteiger partial charge on any atom is -0.466 e. The molecule has 0 unspecified atom stereocenters. The van der Waals surface area contributed by atoms with Crippen molar-refractivity contribution in [1.82, 2.24) is 64.5 Å². The first kappa shape index (κ1) is 97.3. The third kappa shape index (κ3) is 23.1. The molecule has 6 aromatic heterocycles. The van der Waals surface area contributed by atoms with E-state index in [-0.39, 0.29) is 85.2 Å². The molecule has 14 heterocycles. The first-order valence-corrected chi connectivity index (χ1v) is 48.0. The molecule has 0 radical (unpaired) electrons. The van der Waals surface area contributed by atoms with Crippen LogP contribution in [0.4, 0.5) is 101 Å². The summed E-state index contributed by atoms with van der Waals surface area (Å²) < 4.78 is 38.5. The molecule has 0 bridgehead atoms. The number of aromatic nitrogens is 10. The Balaban J connectivity index is 0.000000130. The molecule has 12 aromatic rings. The summed E-state index contributed by atoms with van der Waals surface area (Å²) in [7, 11) is 0. The van der Waals surface area contributed by atoms with E-state index in [9.17, 15) is 58.8 Å². The van der Waals surface area contributed by atoms with Gasteiger partial charge < -0.3 is 78.2 Å². The Morgan fingerprint density at radius 3 is 0.879 bits per heavy atom. The van der Waals surface area contributed by atoms with Crippen molar-refractivity contribution < 1.29 is 47.5 Å². The van der Waals surface area contributed by atoms with Gasteiger partial charge in [-0.15, -0.1) is 0 Å². The molecule has 2 N–H and O–H groups in total. The zero-order valence-corrected chi connectivity index (χ0v) is 78.9. The molecule has 0 spiro atoms. The van der Waals surface area contributed by atoms with Crippen molar-refractivity contribution in [3.8, 4) is 0 Å². The van der Waals surface area contributed by atoms with E-state index < -0.39 is 4.92 Å². The molecule has 8 fully saturated rings. The van der Waals surface area contributed by atoms with Crippen LogP contribution in [0.2, 0.25) is 0 Å². The molecule has 6 aromatic carbocycles. The quantitative estimate of drug-likeness (QED) is 0.0305. The van der Waals surface area contributed by atoms with Gasteiger partial charge in [0.1, 0.15) is 36.9 Å². The number of anilines is 12. The number of ether oxygens (including phenoxy) is 2. The third-order valence-electron chi connectivity index (χ3n) is 27.0. The molecule has 8 aliphatic heterocycles. The van der Waals surface area contributed by atoms with E-state index >= 15 is 0 Å². The predicted octanol–water partition coefficient (Wildman–Crippen LogP) is 11.2. The van der Waals surface area contributed by atoms with Gasteiger partial charge in [0.05, 0.1) is 56.7 Å². The van der Waals surface area contributed by atoms with Gasteiger partial charge in [-0.3, -0.25) is 64.7 Å². The Bertz CT molecular complexity index is 6280. The highest BCUT2D eigenvalue weighted by molar-refractivity contribution is 5.94. The number of carbonyl (C=O) groups is 2. The first-order chi connectivity index (χ1) is 68.8. The lowest BCUT2D eigenvalue weighted by Gasteiger charge is -2.37. The van der Waals surface area contributed by atoms with Crippen molar-refractivity contribution in [3.05, 3.63) is 259 Å². The number of rotatable bonds is 25. The number of H-pyrrole nitrogens is 2. The van der Waals surface area contributed by atoms with Crippen molar-refractivity contribution >= 4 is 126 Å². The van der Waals surface area contributed by atoms with Gasteiger partial charge in [-0.2, -0.15) is 0 Å². The van der Waals surface area contributed by atoms with E-state index in [1.807, 2.05) is 103 Å². The number of hydrogen-bond acceptors (Lipinski definition) is 35. The summed E-state index contributed by atoms with van der Waals surface area (Å²) in [6.45, 7) is 24.9. The smallest absolute Gasteiger partial charge is 0.353 e. The number of fused-ring (bicyclic) bond motifs is 2. The van der Waals surface area contributed by atoms with Crippen LogP contribution < -0.4 is 58.8 Å². The Kier molecular flexibility index (Phi) is 31.7. The highest BCUT2D eigenvalue weighted by Gasteiger charge is 2.41. The number of nitrogens with zero attached hydrogens (tertiary/aromatic N) is 27. The standard InChI is InChI=1S/C27H30N8O2.C25H28FN7O2.C24H29N7O4.C22H28FN7O4/c36-35(37)25-26(33-13-11-31(12-14-33)19-21-5-2-1-3-6-21)29-20-30-27(25)34-17-15-32(16-18-34)24-8-4-7-23-22(24)9-10-28-23;26-21-8-4-5-9-22(21)30-14-16-32(17-15-30)25-23(33(34)35)24(27-19-28-25)31-12-10-29(11-13-31)18-20-6-2-1-3-7-20;1-2-35-24(32)17-7-10-29(11-8-17)22-21(31(33)34)23(27-16-26-22)30-14-12-28(13-15-30)20-5-3-4-19-18(20)6-9-25-19;1-2-34-19(31)15-26-7-9-28(10-8-26)21-20(30(32)33)22(25-16-24-21)29-13-11-27(12-14-29)18-6-4-3-5-17(18)23/h1-10,20,28H,11-19H2;1-9,19H,10-18H2;3-6,9,16-17,25H,2,7-8,10-15H2,1H3;3-6,16H,2,7-15H2,1H3. The highest BCUT2D eigenvalue weighted by Crippen LogP contribution is 2.43. The molecule has 8 saturated heterocycles. The Morgan fingerprint density at radius 2 is 0.582 bits per heavy atom. The Labute approximate surface area is 813 Å². The van der Waals surface area contributed by atoms with Gasteiger partial charge in [0.2, 0.25) is 46.5 Å². The maximum Gasteiger partial charge on any atom is 0.353 e. The number of aromatic amines is 2. The van der Waals surface area contributed by atoms with Gasteiger partial charge in [0, 0.05) is 255 Å². The summed E-state index contributed by atoms with van der Waals surface area (Å²) in [6, 6.07) is 50.6. The number of nitrogens with one attached hydrogen (secondary N) is 2. The van der Waals surface area contributed by atoms with E-state index in [2.05, 4.69) is 148 Å². The van der Waals surface area contributed by atoms with Gasteiger partial charge in [-0.25, -0.2) is 48.7 Å². The molecule has 0 atom stereocenters. The fourth-order valence-corrected chi connectivity index (χ4v) is 19.7. The number of piperazine rings is 7. The number of para-hydroxylation sites is 2. The Hall–Kier alpha value is -15.4. The van der Waals surface area contributed by atoms with Gasteiger partial charge in [-0.1, -0.05) is 97.1 Å². The predicted molar refractivity (Wildman–Crippen MR) is 537 cm³/mol. The number of piperidine rings is 1. The number of benzene rings is 6. The average Bonchev–Trinajstić information content (AvgIpc) is 1.20. The van der Waals surface area contributed by atoms with Gasteiger partial charge in [0.25, 0.3) is 0 Å². The molecule has 0 saturated carbocycles. The summed E-state index contributed by atoms with van der Waals surface area (Å²) in [5.41, 5.74) is 7.93. The molecular formula is C98H115F2N29O12. The lowest BCUT2D eigenvalue weighted by atomic mass is 9.97. The van der Waals surface area contributed by atoms with Crippen LogP contribution in [0.1, 0.15) is 37.8 Å². The second kappa shape index (κ2) is 45.9. The number of hydrogen-bond donors (Lipinski definition) is 2. The van der Waals surface area contributed by atoms with Crippen LogP contribution in [-0.4, -0.2) is 312 Å². The monoisotopic (exact) mass is 1930 g/mol. The molecule has 20 rings (SSSR count). The van der Waals surface area contributed by atoms with Gasteiger partial charge in [-0.05, 0) is 98.5 Å². The van der Waals surface area contributed by atoms with Crippen LogP contribution in [0.5, 0.6) is 0 Å². The van der Waals surface area contributed by atoms with Crippen LogP contribution in [-0.2, 0) is 32.2 Å². The maximum atomic E-state index is 14.2. The van der Waals surface area contributed by atoms with Crippen LogP contribution in [0, 0.1) is 58.0 Å². The normalized spacial score (nSPS) is 17.0. The molecule has 738 valence electrons. The largest absolute Gasteiger partial charge is 0.466 e. The summed E-state index contributed by atoms with van der Waals surface area (Å²) >= 11 is 0. The van der Waals surface area contributed by atoms with Crippen molar-refractivity contribution in [2.45, 2.75) is 39.8 Å². The van der Waals surface area contributed by atoms with Crippen LogP contribution in [0.15, 0.2) is 195 Å².